The molecular formula is C24H19FN4O3S. The normalized spacial score (nSPS) is 17.5. The number of hydrogen-bond donors (Lipinski definition) is 2. The van der Waals surface area contributed by atoms with Gasteiger partial charge in [0.2, 0.25) is 5.91 Å². The number of amides is 1. The van der Waals surface area contributed by atoms with E-state index < -0.39 is 15.8 Å². The fourth-order valence-corrected chi connectivity index (χ4v) is 4.78. The standard InChI is InChI=1S/C24H19FN4O3S/c25-18-4-8-23(27-14-18)29-33(31,32)20-6-2-15(3-7-20)21-12-22(21)24(30)28-19-5-1-17-13-26-10-9-16(17)11-19/h1-11,13-14,21-22H,12H2,(H,27,29)(H,28,30)/t21-,22+/m0/s1. The number of nitrogens with zero attached hydrogens (tertiary/aromatic N) is 2. The number of halogens is 1. The van der Waals surface area contributed by atoms with Crippen LogP contribution in [0.4, 0.5) is 15.9 Å². The lowest BCUT2D eigenvalue weighted by molar-refractivity contribution is -0.117. The van der Waals surface area contributed by atoms with Crippen molar-refractivity contribution in [1.29, 1.82) is 0 Å². The number of fused-ring (bicyclic) bond motifs is 1. The van der Waals surface area contributed by atoms with Crippen LogP contribution in [0, 0.1) is 11.7 Å². The Morgan fingerprint density at radius 2 is 1.79 bits per heavy atom. The van der Waals surface area contributed by atoms with Crippen molar-refractivity contribution in [2.24, 2.45) is 5.92 Å². The fourth-order valence-electron chi connectivity index (χ4n) is 3.78. The molecule has 2 N–H and O–H groups in total. The molecule has 0 radical (unpaired) electrons. The third kappa shape index (κ3) is 4.54. The summed E-state index contributed by atoms with van der Waals surface area (Å²) in [6.45, 7) is 0. The van der Waals surface area contributed by atoms with Crippen LogP contribution in [0.15, 0.2) is 84.1 Å². The summed E-state index contributed by atoms with van der Waals surface area (Å²) in [6.07, 6.45) is 5.12. The molecule has 1 fully saturated rings. The van der Waals surface area contributed by atoms with Gasteiger partial charge in [0.25, 0.3) is 10.0 Å². The van der Waals surface area contributed by atoms with Crippen LogP contribution in [0.1, 0.15) is 17.9 Å². The molecule has 5 rings (SSSR count). The van der Waals surface area contributed by atoms with E-state index in [2.05, 4.69) is 20.0 Å². The third-order valence-corrected chi connectivity index (χ3v) is 6.99. The maximum atomic E-state index is 13.0. The predicted molar refractivity (Wildman–Crippen MR) is 123 cm³/mol. The van der Waals surface area contributed by atoms with E-state index in [-0.39, 0.29) is 28.5 Å². The van der Waals surface area contributed by atoms with Gasteiger partial charge in [0, 0.05) is 29.4 Å². The van der Waals surface area contributed by atoms with Gasteiger partial charge in [-0.05, 0) is 65.8 Å². The summed E-state index contributed by atoms with van der Waals surface area (Å²) in [5.41, 5.74) is 1.63. The van der Waals surface area contributed by atoms with Crippen molar-refractivity contribution in [3.8, 4) is 0 Å². The van der Waals surface area contributed by atoms with Crippen LogP contribution in [0.25, 0.3) is 10.8 Å². The van der Waals surface area contributed by atoms with Crippen molar-refractivity contribution in [3.63, 3.8) is 0 Å². The molecule has 1 saturated carbocycles. The van der Waals surface area contributed by atoms with Crippen LogP contribution in [0.3, 0.4) is 0 Å². The number of hydrogen-bond acceptors (Lipinski definition) is 5. The van der Waals surface area contributed by atoms with Crippen LogP contribution in [0.5, 0.6) is 0 Å². The van der Waals surface area contributed by atoms with Crippen molar-refractivity contribution in [2.45, 2.75) is 17.2 Å². The second-order valence-corrected chi connectivity index (χ2v) is 9.59. The van der Waals surface area contributed by atoms with Crippen LogP contribution < -0.4 is 10.0 Å². The average Bonchev–Trinajstić information content (AvgIpc) is 3.62. The average molecular weight is 463 g/mol. The minimum Gasteiger partial charge on any atom is -0.326 e. The van der Waals surface area contributed by atoms with Gasteiger partial charge < -0.3 is 5.32 Å². The van der Waals surface area contributed by atoms with Gasteiger partial charge in [0.1, 0.15) is 11.6 Å². The summed E-state index contributed by atoms with van der Waals surface area (Å²) in [6, 6.07) is 16.4. The number of benzene rings is 2. The Morgan fingerprint density at radius 3 is 2.55 bits per heavy atom. The number of pyridine rings is 2. The molecule has 4 aromatic rings. The zero-order valence-corrected chi connectivity index (χ0v) is 18.1. The number of sulfonamides is 1. The lowest BCUT2D eigenvalue weighted by Crippen LogP contribution is -2.15. The van der Waals surface area contributed by atoms with Gasteiger partial charge >= 0.3 is 0 Å². The van der Waals surface area contributed by atoms with Crippen molar-refractivity contribution in [2.75, 3.05) is 10.0 Å². The van der Waals surface area contributed by atoms with E-state index in [9.17, 15) is 17.6 Å². The summed E-state index contributed by atoms with van der Waals surface area (Å²) in [4.78, 5) is 20.5. The number of carbonyl (C=O) groups is 1. The molecule has 0 aliphatic heterocycles. The third-order valence-electron chi connectivity index (χ3n) is 5.62. The quantitative estimate of drug-likeness (QED) is 0.445. The van der Waals surface area contributed by atoms with Crippen LogP contribution in [0.2, 0.25) is 0 Å². The Hall–Kier alpha value is -3.85. The summed E-state index contributed by atoms with van der Waals surface area (Å²) >= 11 is 0. The smallest absolute Gasteiger partial charge is 0.263 e. The van der Waals surface area contributed by atoms with E-state index in [1.54, 1.807) is 24.5 Å². The Morgan fingerprint density at radius 1 is 0.970 bits per heavy atom. The number of carbonyl (C=O) groups excluding carboxylic acids is 1. The molecule has 0 spiro atoms. The highest BCUT2D eigenvalue weighted by Gasteiger charge is 2.44. The Kier molecular flexibility index (Phi) is 5.26. The maximum absolute atomic E-state index is 13.0. The summed E-state index contributed by atoms with van der Waals surface area (Å²) < 4.78 is 40.4. The maximum Gasteiger partial charge on any atom is 0.263 e. The van der Waals surface area contributed by atoms with Gasteiger partial charge in [0.15, 0.2) is 0 Å². The second kappa shape index (κ2) is 8.25. The number of nitrogens with one attached hydrogen (secondary N) is 2. The zero-order valence-electron chi connectivity index (χ0n) is 17.3. The zero-order chi connectivity index (χ0) is 23.0. The van der Waals surface area contributed by atoms with E-state index >= 15 is 0 Å². The highest BCUT2D eigenvalue weighted by atomic mass is 32.2. The predicted octanol–water partition coefficient (Wildman–Crippen LogP) is 4.31. The summed E-state index contributed by atoms with van der Waals surface area (Å²) in [5.74, 6) is -0.706. The van der Waals surface area contributed by atoms with E-state index in [0.29, 0.717) is 6.42 Å². The molecule has 0 saturated heterocycles. The van der Waals surface area contributed by atoms with Gasteiger partial charge in [-0.2, -0.15) is 0 Å². The molecule has 166 valence electrons. The Bertz CT molecular complexity index is 1440. The molecule has 0 bridgehead atoms. The van der Waals surface area contributed by atoms with Gasteiger partial charge in [0.05, 0.1) is 11.1 Å². The van der Waals surface area contributed by atoms with Crippen LogP contribution >= 0.6 is 0 Å². The minimum absolute atomic E-state index is 0.0318. The molecule has 2 aromatic carbocycles. The molecular weight excluding hydrogens is 443 g/mol. The first-order chi connectivity index (χ1) is 15.9. The van der Waals surface area contributed by atoms with Gasteiger partial charge in [-0.1, -0.05) is 18.2 Å². The molecule has 9 heteroatoms. The second-order valence-electron chi connectivity index (χ2n) is 7.91. The first-order valence-electron chi connectivity index (χ1n) is 10.3. The van der Waals surface area contributed by atoms with Crippen molar-refractivity contribution < 1.29 is 17.6 Å². The Balaban J connectivity index is 1.23. The van der Waals surface area contributed by atoms with Crippen LogP contribution in [-0.4, -0.2) is 24.3 Å². The number of anilines is 2. The summed E-state index contributed by atoms with van der Waals surface area (Å²) in [7, 11) is -3.86. The summed E-state index contributed by atoms with van der Waals surface area (Å²) in [5, 5.41) is 4.96. The molecule has 1 amide bonds. The monoisotopic (exact) mass is 462 g/mol. The lowest BCUT2D eigenvalue weighted by atomic mass is 10.1. The molecule has 7 nitrogen and oxygen atoms in total. The molecule has 2 atom stereocenters. The number of aromatic nitrogens is 2. The molecule has 0 unspecified atom stereocenters. The Labute approximate surface area is 189 Å². The van der Waals surface area contributed by atoms with Gasteiger partial charge in [-0.15, -0.1) is 0 Å². The first-order valence-corrected chi connectivity index (χ1v) is 11.8. The van der Waals surface area contributed by atoms with Crippen molar-refractivity contribution >= 4 is 38.2 Å². The van der Waals surface area contributed by atoms with Crippen molar-refractivity contribution in [1.82, 2.24) is 9.97 Å². The molecule has 1 aliphatic rings. The SMILES string of the molecule is O=C(Nc1ccc2cnccc2c1)[C@@H]1C[C@H]1c1ccc(S(=O)(=O)Nc2ccc(F)cn2)cc1. The van der Waals surface area contributed by atoms with E-state index in [1.165, 1.54) is 18.2 Å². The molecule has 2 aromatic heterocycles. The molecule has 1 aliphatic carbocycles. The van der Waals surface area contributed by atoms with Gasteiger partial charge in [-0.25, -0.2) is 17.8 Å². The lowest BCUT2D eigenvalue weighted by Gasteiger charge is -2.09. The van der Waals surface area contributed by atoms with E-state index in [4.69, 9.17) is 0 Å². The van der Waals surface area contributed by atoms with Crippen molar-refractivity contribution in [3.05, 3.63) is 90.6 Å². The van der Waals surface area contributed by atoms with E-state index in [1.807, 2.05) is 24.3 Å². The highest BCUT2D eigenvalue weighted by molar-refractivity contribution is 7.92. The first kappa shape index (κ1) is 21.0. The largest absolute Gasteiger partial charge is 0.326 e. The molecule has 33 heavy (non-hydrogen) atoms. The topological polar surface area (TPSA) is 101 Å². The fraction of sp³-hybridized carbons (Fsp3) is 0.125. The van der Waals surface area contributed by atoms with E-state index in [0.717, 1.165) is 34.3 Å². The minimum atomic E-state index is -3.86. The van der Waals surface area contributed by atoms with Crippen LogP contribution in [-0.2, 0) is 14.8 Å². The molecule has 2 heterocycles. The van der Waals surface area contributed by atoms with Gasteiger partial charge in [-0.3, -0.25) is 14.5 Å². The highest BCUT2D eigenvalue weighted by Crippen LogP contribution is 2.48. The number of rotatable bonds is 6.